The minimum atomic E-state index is -0.476. The zero-order valence-electron chi connectivity index (χ0n) is 14.9. The van der Waals surface area contributed by atoms with E-state index in [2.05, 4.69) is 17.4 Å². The first-order valence-corrected chi connectivity index (χ1v) is 8.88. The largest absolute Gasteiger partial charge is 0.478 e. The van der Waals surface area contributed by atoms with Gasteiger partial charge in [-0.15, -0.1) is 0 Å². The molecule has 2 amide bonds. The summed E-state index contributed by atoms with van der Waals surface area (Å²) in [6.07, 6.45) is 0.399. The molecule has 0 aromatic heterocycles. The number of ether oxygens (including phenoxy) is 1. The molecule has 0 aliphatic carbocycles. The van der Waals surface area contributed by atoms with Gasteiger partial charge in [0, 0.05) is 39.1 Å². The number of anilines is 1. The number of piperazine rings is 1. The van der Waals surface area contributed by atoms with Crippen molar-refractivity contribution in [1.82, 2.24) is 15.3 Å². The number of hydrazine groups is 1. The van der Waals surface area contributed by atoms with E-state index in [1.54, 1.807) is 4.90 Å². The lowest BCUT2D eigenvalue weighted by Crippen LogP contribution is -2.53. The van der Waals surface area contributed by atoms with Crippen LogP contribution in [-0.4, -0.2) is 67.6 Å². The first-order valence-electron chi connectivity index (χ1n) is 8.88. The van der Waals surface area contributed by atoms with Crippen LogP contribution in [-0.2, 0) is 9.59 Å². The molecule has 1 unspecified atom stereocenters. The summed E-state index contributed by atoms with van der Waals surface area (Å²) in [5, 5.41) is 1.95. The maximum absolute atomic E-state index is 12.6. The topological polar surface area (TPSA) is 65.1 Å². The summed E-state index contributed by atoms with van der Waals surface area (Å²) in [6, 6.07) is 7.48. The van der Waals surface area contributed by atoms with Crippen LogP contribution in [0.25, 0.3) is 0 Å². The summed E-state index contributed by atoms with van der Waals surface area (Å²) in [4.78, 5) is 28.8. The van der Waals surface area contributed by atoms with Gasteiger partial charge in [-0.25, -0.2) is 5.01 Å². The van der Waals surface area contributed by atoms with Gasteiger partial charge in [-0.2, -0.15) is 0 Å². The quantitative estimate of drug-likeness (QED) is 0.857. The molecule has 2 heterocycles. The minimum absolute atomic E-state index is 0.0608. The molecule has 25 heavy (non-hydrogen) atoms. The molecule has 136 valence electrons. The van der Waals surface area contributed by atoms with Crippen LogP contribution < -0.4 is 15.1 Å². The summed E-state index contributed by atoms with van der Waals surface area (Å²) in [7, 11) is 2.07. The Morgan fingerprint density at radius 3 is 2.68 bits per heavy atom. The van der Waals surface area contributed by atoms with Crippen LogP contribution >= 0.6 is 0 Å². The molecule has 7 heteroatoms. The Bertz CT molecular complexity index is 629. The highest BCUT2D eigenvalue weighted by Gasteiger charge is 2.33. The molecule has 2 aliphatic rings. The van der Waals surface area contributed by atoms with Gasteiger partial charge in [0.05, 0.1) is 5.69 Å². The Morgan fingerprint density at radius 1 is 1.24 bits per heavy atom. The molecule has 1 aromatic carbocycles. The standard InChI is InChI=1S/C18H26N4O3/c1-3-15-18(24)22(14-6-4-5-7-16(14)25-15)9-8-17(23)19-21-12-10-20(2)11-13-21/h4-7,15H,3,8-13H2,1-2H3,(H,19,23). The number of likely N-dealkylation sites (N-methyl/N-ethyl adjacent to an activating group) is 1. The normalized spacial score (nSPS) is 21.6. The van der Waals surface area contributed by atoms with E-state index in [0.29, 0.717) is 18.7 Å². The molecule has 1 fully saturated rings. The second-order valence-electron chi connectivity index (χ2n) is 6.55. The van der Waals surface area contributed by atoms with Gasteiger partial charge >= 0.3 is 0 Å². The number of fused-ring (bicyclic) bond motifs is 1. The number of hydrogen-bond acceptors (Lipinski definition) is 5. The predicted molar refractivity (Wildman–Crippen MR) is 95.3 cm³/mol. The van der Waals surface area contributed by atoms with Gasteiger partial charge in [0.2, 0.25) is 5.91 Å². The molecule has 1 N–H and O–H groups in total. The SMILES string of the molecule is CCC1Oc2ccccc2N(CCC(=O)NN2CCN(C)CC2)C1=O. The third-order valence-corrected chi connectivity index (χ3v) is 4.69. The molecular formula is C18H26N4O3. The van der Waals surface area contributed by atoms with Crippen molar-refractivity contribution in [2.24, 2.45) is 0 Å². The fourth-order valence-corrected chi connectivity index (χ4v) is 3.13. The van der Waals surface area contributed by atoms with Crippen molar-refractivity contribution in [2.45, 2.75) is 25.9 Å². The van der Waals surface area contributed by atoms with Crippen LogP contribution in [0.2, 0.25) is 0 Å². The Kier molecular flexibility index (Phi) is 5.55. The van der Waals surface area contributed by atoms with Gasteiger partial charge in [0.25, 0.3) is 5.91 Å². The van der Waals surface area contributed by atoms with Crippen molar-refractivity contribution in [3.05, 3.63) is 24.3 Å². The number of nitrogens with zero attached hydrogens (tertiary/aromatic N) is 3. The van der Waals surface area contributed by atoms with Crippen LogP contribution in [0.4, 0.5) is 5.69 Å². The van der Waals surface area contributed by atoms with Crippen LogP contribution in [0.3, 0.4) is 0 Å². The number of amides is 2. The third-order valence-electron chi connectivity index (χ3n) is 4.69. The molecule has 3 rings (SSSR count). The number of benzene rings is 1. The van der Waals surface area contributed by atoms with Crippen LogP contribution in [0, 0.1) is 0 Å². The van der Waals surface area contributed by atoms with Crippen LogP contribution in [0.5, 0.6) is 5.75 Å². The van der Waals surface area contributed by atoms with Crippen molar-refractivity contribution in [2.75, 3.05) is 44.7 Å². The maximum atomic E-state index is 12.6. The van der Waals surface area contributed by atoms with E-state index in [0.717, 1.165) is 31.9 Å². The summed E-state index contributed by atoms with van der Waals surface area (Å²) in [5.74, 6) is 0.566. The molecule has 1 saturated heterocycles. The molecular weight excluding hydrogens is 320 g/mol. The molecule has 1 atom stereocenters. The highest BCUT2D eigenvalue weighted by Crippen LogP contribution is 2.34. The van der Waals surface area contributed by atoms with Gasteiger partial charge in [0.15, 0.2) is 6.10 Å². The summed E-state index contributed by atoms with van der Waals surface area (Å²) in [5.41, 5.74) is 3.68. The zero-order chi connectivity index (χ0) is 17.8. The van der Waals surface area contributed by atoms with E-state index in [1.807, 2.05) is 36.2 Å². The van der Waals surface area contributed by atoms with Gasteiger partial charge in [-0.05, 0) is 25.6 Å². The molecule has 0 spiro atoms. The molecule has 0 radical (unpaired) electrons. The number of carbonyl (C=O) groups is 2. The van der Waals surface area contributed by atoms with Crippen molar-refractivity contribution in [3.8, 4) is 5.75 Å². The maximum Gasteiger partial charge on any atom is 0.268 e. The first kappa shape index (κ1) is 17.7. The fraction of sp³-hybridized carbons (Fsp3) is 0.556. The highest BCUT2D eigenvalue weighted by atomic mass is 16.5. The van der Waals surface area contributed by atoms with Crippen molar-refractivity contribution in [1.29, 1.82) is 0 Å². The minimum Gasteiger partial charge on any atom is -0.478 e. The van der Waals surface area contributed by atoms with Crippen molar-refractivity contribution < 1.29 is 14.3 Å². The second-order valence-corrected chi connectivity index (χ2v) is 6.55. The summed E-state index contributed by atoms with van der Waals surface area (Å²) in [6.45, 7) is 5.80. The molecule has 1 aromatic rings. The lowest BCUT2D eigenvalue weighted by atomic mass is 10.1. The molecule has 2 aliphatic heterocycles. The van der Waals surface area contributed by atoms with E-state index in [4.69, 9.17) is 4.74 Å². The summed E-state index contributed by atoms with van der Waals surface area (Å²) >= 11 is 0. The number of rotatable bonds is 5. The number of hydrogen-bond donors (Lipinski definition) is 1. The molecule has 0 bridgehead atoms. The Morgan fingerprint density at radius 2 is 1.96 bits per heavy atom. The average Bonchev–Trinajstić information content (AvgIpc) is 2.62. The average molecular weight is 346 g/mol. The molecule has 0 saturated carbocycles. The third kappa shape index (κ3) is 4.11. The summed E-state index contributed by atoms with van der Waals surface area (Å²) < 4.78 is 5.76. The lowest BCUT2D eigenvalue weighted by molar-refractivity contribution is -0.127. The number of para-hydroxylation sites is 2. The Balaban J connectivity index is 1.59. The first-order chi connectivity index (χ1) is 12.1. The van der Waals surface area contributed by atoms with E-state index < -0.39 is 6.10 Å². The lowest BCUT2D eigenvalue weighted by Gasteiger charge is -2.34. The van der Waals surface area contributed by atoms with Crippen molar-refractivity contribution in [3.63, 3.8) is 0 Å². The van der Waals surface area contributed by atoms with Gasteiger partial charge in [-0.3, -0.25) is 15.0 Å². The van der Waals surface area contributed by atoms with E-state index in [-0.39, 0.29) is 18.2 Å². The monoisotopic (exact) mass is 346 g/mol. The number of carbonyl (C=O) groups excluding carboxylic acids is 2. The van der Waals surface area contributed by atoms with E-state index in [1.165, 1.54) is 0 Å². The van der Waals surface area contributed by atoms with E-state index in [9.17, 15) is 9.59 Å². The fourth-order valence-electron chi connectivity index (χ4n) is 3.13. The van der Waals surface area contributed by atoms with E-state index >= 15 is 0 Å². The Labute approximate surface area is 148 Å². The zero-order valence-corrected chi connectivity index (χ0v) is 14.9. The van der Waals surface area contributed by atoms with Crippen molar-refractivity contribution >= 4 is 17.5 Å². The molecule has 7 nitrogen and oxygen atoms in total. The highest BCUT2D eigenvalue weighted by molar-refractivity contribution is 6.00. The van der Waals surface area contributed by atoms with Gasteiger partial charge in [0.1, 0.15) is 5.75 Å². The van der Waals surface area contributed by atoms with Crippen LogP contribution in [0.15, 0.2) is 24.3 Å². The number of nitrogens with one attached hydrogen (secondary N) is 1. The van der Waals surface area contributed by atoms with Crippen LogP contribution in [0.1, 0.15) is 19.8 Å². The van der Waals surface area contributed by atoms with Gasteiger partial charge < -0.3 is 14.5 Å². The second kappa shape index (κ2) is 7.84. The predicted octanol–water partition coefficient (Wildman–Crippen LogP) is 0.859. The Hall–Kier alpha value is -2.12. The van der Waals surface area contributed by atoms with Gasteiger partial charge in [-0.1, -0.05) is 19.1 Å². The smallest absolute Gasteiger partial charge is 0.268 e.